The van der Waals surface area contributed by atoms with E-state index >= 15 is 0 Å². The number of aromatic nitrogens is 1. The molecule has 0 atom stereocenters. The number of halogens is 1. The lowest BCUT2D eigenvalue weighted by Crippen LogP contribution is -2.44. The molecular formula is C15H23ClN2O. The van der Waals surface area contributed by atoms with Gasteiger partial charge in [0.05, 0.1) is 0 Å². The molecule has 1 heterocycles. The van der Waals surface area contributed by atoms with E-state index in [2.05, 4.69) is 25.8 Å². The molecule has 106 valence electrons. The summed E-state index contributed by atoms with van der Waals surface area (Å²) in [6.07, 6.45) is 0.894. The van der Waals surface area contributed by atoms with Crippen molar-refractivity contribution in [1.82, 2.24) is 9.88 Å². The number of carbonyl (C=O) groups is 1. The first kappa shape index (κ1) is 16.0. The third kappa shape index (κ3) is 3.69. The molecule has 0 radical (unpaired) electrons. The minimum atomic E-state index is -0.176. The minimum Gasteiger partial charge on any atom is -0.337 e. The van der Waals surface area contributed by atoms with E-state index in [4.69, 9.17) is 11.6 Å². The van der Waals surface area contributed by atoms with Gasteiger partial charge in [-0.3, -0.25) is 4.79 Å². The van der Waals surface area contributed by atoms with E-state index in [1.165, 1.54) is 0 Å². The third-order valence-electron chi connectivity index (χ3n) is 3.73. The second kappa shape index (κ2) is 5.91. The molecule has 0 saturated heterocycles. The summed E-state index contributed by atoms with van der Waals surface area (Å²) < 4.78 is 0. The largest absolute Gasteiger partial charge is 0.337 e. The molecule has 0 aromatic carbocycles. The summed E-state index contributed by atoms with van der Waals surface area (Å²) in [6.45, 7) is 10.2. The van der Waals surface area contributed by atoms with Crippen LogP contribution in [-0.2, 0) is 0 Å². The molecule has 1 rings (SSSR count). The van der Waals surface area contributed by atoms with Crippen LogP contribution in [0.4, 0.5) is 0 Å². The maximum Gasteiger partial charge on any atom is 0.254 e. The van der Waals surface area contributed by atoms with Crippen LogP contribution in [0, 0.1) is 0 Å². The summed E-state index contributed by atoms with van der Waals surface area (Å²) in [5.74, 6) is 0.229. The Morgan fingerprint density at radius 3 is 2.47 bits per heavy atom. The van der Waals surface area contributed by atoms with Crippen molar-refractivity contribution in [2.24, 2.45) is 0 Å². The zero-order chi connectivity index (χ0) is 14.8. The molecule has 3 nitrogen and oxygen atoms in total. The fourth-order valence-corrected chi connectivity index (χ4v) is 1.86. The Bertz CT molecular complexity index is 469. The Labute approximate surface area is 121 Å². The fraction of sp³-hybridized carbons (Fsp3) is 0.600. The molecule has 0 aliphatic heterocycles. The van der Waals surface area contributed by atoms with Gasteiger partial charge in [0, 0.05) is 23.8 Å². The van der Waals surface area contributed by atoms with Gasteiger partial charge in [0.15, 0.2) is 0 Å². The fourth-order valence-electron chi connectivity index (χ4n) is 1.64. The van der Waals surface area contributed by atoms with Crippen LogP contribution in [0.1, 0.15) is 63.0 Å². The number of nitrogens with zero attached hydrogens (tertiary/aromatic N) is 2. The summed E-state index contributed by atoms with van der Waals surface area (Å²) in [6, 6.07) is 3.47. The number of amides is 1. The van der Waals surface area contributed by atoms with E-state index in [-0.39, 0.29) is 17.4 Å². The van der Waals surface area contributed by atoms with E-state index < -0.39 is 0 Å². The molecule has 0 bridgehead atoms. The molecule has 1 aromatic heterocycles. The highest BCUT2D eigenvalue weighted by molar-refractivity contribution is 6.29. The first-order chi connectivity index (χ1) is 8.69. The maximum atomic E-state index is 12.5. The van der Waals surface area contributed by atoms with E-state index in [1.54, 1.807) is 11.0 Å². The number of hydrogen-bond acceptors (Lipinski definition) is 2. The molecular weight excluding hydrogens is 260 g/mol. The summed E-state index contributed by atoms with van der Waals surface area (Å²) in [7, 11) is 1.83. The van der Waals surface area contributed by atoms with E-state index in [0.717, 1.165) is 12.1 Å². The van der Waals surface area contributed by atoms with Crippen molar-refractivity contribution in [3.8, 4) is 0 Å². The van der Waals surface area contributed by atoms with Crippen LogP contribution in [0.15, 0.2) is 12.1 Å². The van der Waals surface area contributed by atoms with Gasteiger partial charge >= 0.3 is 0 Å². The minimum absolute atomic E-state index is 0.0157. The lowest BCUT2D eigenvalue weighted by Gasteiger charge is -2.35. The first-order valence-corrected chi connectivity index (χ1v) is 7.02. The van der Waals surface area contributed by atoms with E-state index in [9.17, 15) is 4.79 Å². The van der Waals surface area contributed by atoms with Crippen molar-refractivity contribution in [3.63, 3.8) is 0 Å². The first-order valence-electron chi connectivity index (χ1n) is 6.64. The van der Waals surface area contributed by atoms with Gasteiger partial charge < -0.3 is 4.90 Å². The van der Waals surface area contributed by atoms with Crippen LogP contribution >= 0.6 is 11.6 Å². The summed E-state index contributed by atoms with van der Waals surface area (Å²) >= 11 is 6.01. The Morgan fingerprint density at radius 2 is 2.00 bits per heavy atom. The maximum absolute atomic E-state index is 12.5. The standard InChI is InChI=1S/C15H23ClN2O/c1-7-15(4,5)18(6)14(19)11-8-12(10(2)3)17-13(16)9-11/h8-10H,7H2,1-6H3. The molecule has 1 amide bonds. The second-order valence-electron chi connectivity index (χ2n) is 5.79. The summed E-state index contributed by atoms with van der Waals surface area (Å²) in [4.78, 5) is 18.5. The molecule has 0 saturated carbocycles. The van der Waals surface area contributed by atoms with Gasteiger partial charge in [-0.1, -0.05) is 32.4 Å². The van der Waals surface area contributed by atoms with Crippen molar-refractivity contribution in [1.29, 1.82) is 0 Å². The Hall–Kier alpha value is -1.09. The van der Waals surface area contributed by atoms with Crippen molar-refractivity contribution in [2.45, 2.75) is 52.5 Å². The van der Waals surface area contributed by atoms with Gasteiger partial charge in [0.1, 0.15) is 5.15 Å². The average Bonchev–Trinajstić information content (AvgIpc) is 2.36. The molecule has 4 heteroatoms. The van der Waals surface area contributed by atoms with E-state index in [1.807, 2.05) is 27.0 Å². The highest BCUT2D eigenvalue weighted by Gasteiger charge is 2.27. The highest BCUT2D eigenvalue weighted by atomic mass is 35.5. The van der Waals surface area contributed by atoms with Crippen LogP contribution < -0.4 is 0 Å². The lowest BCUT2D eigenvalue weighted by molar-refractivity contribution is 0.0620. The van der Waals surface area contributed by atoms with Crippen molar-refractivity contribution < 1.29 is 4.79 Å². The lowest BCUT2D eigenvalue weighted by atomic mass is 9.98. The molecule has 0 N–H and O–H groups in total. The SMILES string of the molecule is CCC(C)(C)N(C)C(=O)c1cc(Cl)nc(C(C)C)c1. The Morgan fingerprint density at radius 1 is 1.42 bits per heavy atom. The number of carbonyl (C=O) groups excluding carboxylic acids is 1. The molecule has 1 aromatic rings. The molecule has 0 spiro atoms. The van der Waals surface area contributed by atoms with Crippen LogP contribution in [0.3, 0.4) is 0 Å². The summed E-state index contributed by atoms with van der Waals surface area (Å²) in [5, 5.41) is 0.372. The van der Waals surface area contributed by atoms with Crippen molar-refractivity contribution >= 4 is 17.5 Å². The quantitative estimate of drug-likeness (QED) is 0.778. The van der Waals surface area contributed by atoms with Crippen molar-refractivity contribution in [3.05, 3.63) is 28.5 Å². The van der Waals surface area contributed by atoms with Crippen LogP contribution in [0.25, 0.3) is 0 Å². The number of hydrogen-bond donors (Lipinski definition) is 0. The topological polar surface area (TPSA) is 33.2 Å². The van der Waals surface area contributed by atoms with Gasteiger partial charge in [-0.05, 0) is 38.3 Å². The van der Waals surface area contributed by atoms with Gasteiger partial charge in [0.25, 0.3) is 5.91 Å². The third-order valence-corrected chi connectivity index (χ3v) is 3.92. The van der Waals surface area contributed by atoms with Gasteiger partial charge in [0.2, 0.25) is 0 Å². The molecule has 19 heavy (non-hydrogen) atoms. The summed E-state index contributed by atoms with van der Waals surface area (Å²) in [5.41, 5.74) is 1.27. The zero-order valence-corrected chi connectivity index (χ0v) is 13.4. The highest BCUT2D eigenvalue weighted by Crippen LogP contribution is 2.22. The monoisotopic (exact) mass is 282 g/mol. The number of pyridine rings is 1. The molecule has 0 unspecified atom stereocenters. The van der Waals surface area contributed by atoms with Crippen LogP contribution in [-0.4, -0.2) is 28.4 Å². The van der Waals surface area contributed by atoms with E-state index in [0.29, 0.717) is 10.7 Å². The van der Waals surface area contributed by atoms with Gasteiger partial charge in [-0.2, -0.15) is 0 Å². The Kier molecular flexibility index (Phi) is 4.97. The average molecular weight is 283 g/mol. The number of rotatable bonds is 4. The molecule has 0 fully saturated rings. The van der Waals surface area contributed by atoms with Crippen LogP contribution in [0.5, 0.6) is 0 Å². The predicted octanol–water partition coefficient (Wildman–Crippen LogP) is 4.12. The second-order valence-corrected chi connectivity index (χ2v) is 6.18. The van der Waals surface area contributed by atoms with Gasteiger partial charge in [-0.25, -0.2) is 4.98 Å². The van der Waals surface area contributed by atoms with Crippen LogP contribution in [0.2, 0.25) is 5.15 Å². The molecule has 0 aliphatic rings. The smallest absolute Gasteiger partial charge is 0.254 e. The Balaban J connectivity index is 3.13. The normalized spacial score (nSPS) is 11.8. The predicted molar refractivity (Wildman–Crippen MR) is 79.8 cm³/mol. The molecule has 0 aliphatic carbocycles. The zero-order valence-electron chi connectivity index (χ0n) is 12.6. The van der Waals surface area contributed by atoms with Crippen molar-refractivity contribution in [2.75, 3.05) is 7.05 Å². The van der Waals surface area contributed by atoms with Gasteiger partial charge in [-0.15, -0.1) is 0 Å².